The first-order valence-electron chi connectivity index (χ1n) is 11.5. The molecule has 1 aliphatic heterocycles. The standard InChI is InChI=1S/C24H39N3O3/c1-4-14-26(15-5-2)23(28)7-6-8-24(29)27-19-17-25(18-20-27)16-13-21-9-11-22(30-3)12-10-21/h9-12H,4-8,13-20H2,1-3H3. The zero-order valence-electron chi connectivity index (χ0n) is 19.1. The van der Waals surface area contributed by atoms with E-state index in [4.69, 9.17) is 4.74 Å². The third kappa shape index (κ3) is 7.98. The van der Waals surface area contributed by atoms with E-state index in [2.05, 4.69) is 30.9 Å². The van der Waals surface area contributed by atoms with Crippen molar-refractivity contribution in [1.29, 1.82) is 0 Å². The zero-order valence-corrected chi connectivity index (χ0v) is 19.1. The van der Waals surface area contributed by atoms with Gasteiger partial charge in [0.15, 0.2) is 0 Å². The summed E-state index contributed by atoms with van der Waals surface area (Å²) in [6.07, 6.45) is 4.57. The number of rotatable bonds is 12. The lowest BCUT2D eigenvalue weighted by molar-refractivity contribution is -0.134. The fraction of sp³-hybridized carbons (Fsp3) is 0.667. The molecule has 1 aliphatic rings. The predicted molar refractivity (Wildman–Crippen MR) is 121 cm³/mol. The van der Waals surface area contributed by atoms with Crippen molar-refractivity contribution in [2.24, 2.45) is 0 Å². The molecule has 6 nitrogen and oxygen atoms in total. The van der Waals surface area contributed by atoms with E-state index in [-0.39, 0.29) is 11.8 Å². The van der Waals surface area contributed by atoms with Crippen LogP contribution in [0.1, 0.15) is 51.5 Å². The fourth-order valence-electron chi connectivity index (χ4n) is 3.91. The van der Waals surface area contributed by atoms with Gasteiger partial charge in [0.2, 0.25) is 11.8 Å². The second-order valence-electron chi connectivity index (χ2n) is 8.05. The maximum Gasteiger partial charge on any atom is 0.222 e. The monoisotopic (exact) mass is 417 g/mol. The molecule has 2 amide bonds. The van der Waals surface area contributed by atoms with E-state index < -0.39 is 0 Å². The Bertz CT molecular complexity index is 634. The first kappa shape index (κ1) is 24.2. The highest BCUT2D eigenvalue weighted by Gasteiger charge is 2.21. The van der Waals surface area contributed by atoms with Gasteiger partial charge in [-0.1, -0.05) is 26.0 Å². The van der Waals surface area contributed by atoms with E-state index in [1.165, 1.54) is 5.56 Å². The lowest BCUT2D eigenvalue weighted by Gasteiger charge is -2.35. The maximum absolute atomic E-state index is 12.5. The molecule has 30 heavy (non-hydrogen) atoms. The van der Waals surface area contributed by atoms with Gasteiger partial charge < -0.3 is 14.5 Å². The van der Waals surface area contributed by atoms with Crippen LogP contribution in [0.2, 0.25) is 0 Å². The van der Waals surface area contributed by atoms with Crippen molar-refractivity contribution < 1.29 is 14.3 Å². The molecule has 1 heterocycles. The SMILES string of the molecule is CCCN(CCC)C(=O)CCCC(=O)N1CCN(CCc2ccc(OC)cc2)CC1. The Balaban J connectivity index is 1.64. The van der Waals surface area contributed by atoms with Crippen molar-refractivity contribution in [3.63, 3.8) is 0 Å². The van der Waals surface area contributed by atoms with Crippen LogP contribution < -0.4 is 4.74 Å². The third-order valence-electron chi connectivity index (χ3n) is 5.72. The van der Waals surface area contributed by atoms with Gasteiger partial charge in [-0.3, -0.25) is 14.5 Å². The second-order valence-corrected chi connectivity index (χ2v) is 8.05. The molecule has 0 N–H and O–H groups in total. The summed E-state index contributed by atoms with van der Waals surface area (Å²) < 4.78 is 5.20. The minimum atomic E-state index is 0.190. The van der Waals surface area contributed by atoms with Gasteiger partial charge in [-0.05, 0) is 43.4 Å². The number of nitrogens with zero attached hydrogens (tertiary/aromatic N) is 3. The Kier molecular flexibility index (Phi) is 10.7. The predicted octanol–water partition coefficient (Wildman–Crippen LogP) is 3.20. The molecule has 0 bridgehead atoms. The van der Waals surface area contributed by atoms with E-state index in [9.17, 15) is 9.59 Å². The Hall–Kier alpha value is -2.08. The quantitative estimate of drug-likeness (QED) is 0.524. The summed E-state index contributed by atoms with van der Waals surface area (Å²) in [4.78, 5) is 31.2. The highest BCUT2D eigenvalue weighted by atomic mass is 16.5. The Morgan fingerprint density at radius 3 is 2.17 bits per heavy atom. The van der Waals surface area contributed by atoms with Crippen LogP contribution in [0.15, 0.2) is 24.3 Å². The number of ether oxygens (including phenoxy) is 1. The van der Waals surface area contributed by atoms with E-state index in [1.54, 1.807) is 7.11 Å². The summed E-state index contributed by atoms with van der Waals surface area (Å²) in [5.74, 6) is 1.26. The molecule has 0 radical (unpaired) electrons. The van der Waals surface area contributed by atoms with Crippen molar-refractivity contribution >= 4 is 11.8 Å². The first-order chi connectivity index (χ1) is 14.6. The summed E-state index contributed by atoms with van der Waals surface area (Å²) in [6.45, 7) is 10.2. The number of hydrogen-bond donors (Lipinski definition) is 0. The summed E-state index contributed by atoms with van der Waals surface area (Å²) in [6, 6.07) is 8.23. The van der Waals surface area contributed by atoms with Crippen LogP contribution in [0.4, 0.5) is 0 Å². The van der Waals surface area contributed by atoms with Crippen molar-refractivity contribution in [2.45, 2.75) is 52.4 Å². The maximum atomic E-state index is 12.5. The van der Waals surface area contributed by atoms with Gasteiger partial charge in [0, 0.05) is 58.7 Å². The summed E-state index contributed by atoms with van der Waals surface area (Å²) >= 11 is 0. The van der Waals surface area contributed by atoms with Crippen LogP contribution in [0.3, 0.4) is 0 Å². The number of amides is 2. The molecule has 0 spiro atoms. The van der Waals surface area contributed by atoms with Crippen molar-refractivity contribution in [3.8, 4) is 5.75 Å². The van der Waals surface area contributed by atoms with E-state index in [0.717, 1.165) is 70.8 Å². The smallest absolute Gasteiger partial charge is 0.222 e. The average molecular weight is 418 g/mol. The molecule has 0 saturated carbocycles. The molecule has 2 rings (SSSR count). The van der Waals surface area contributed by atoms with Crippen LogP contribution in [0.25, 0.3) is 0 Å². The third-order valence-corrected chi connectivity index (χ3v) is 5.72. The molecule has 1 saturated heterocycles. The molecule has 6 heteroatoms. The molecule has 1 aromatic carbocycles. The lowest BCUT2D eigenvalue weighted by atomic mass is 10.1. The van der Waals surface area contributed by atoms with Gasteiger partial charge in [-0.25, -0.2) is 0 Å². The molecule has 168 valence electrons. The van der Waals surface area contributed by atoms with Crippen LogP contribution in [-0.2, 0) is 16.0 Å². The summed E-state index contributed by atoms with van der Waals surface area (Å²) in [7, 11) is 1.68. The molecule has 1 aromatic rings. The van der Waals surface area contributed by atoms with Crippen LogP contribution >= 0.6 is 0 Å². The van der Waals surface area contributed by atoms with Gasteiger partial charge >= 0.3 is 0 Å². The number of benzene rings is 1. The molecule has 0 aliphatic carbocycles. The van der Waals surface area contributed by atoms with E-state index in [1.807, 2.05) is 21.9 Å². The Morgan fingerprint density at radius 2 is 1.60 bits per heavy atom. The largest absolute Gasteiger partial charge is 0.497 e. The first-order valence-corrected chi connectivity index (χ1v) is 11.5. The van der Waals surface area contributed by atoms with E-state index >= 15 is 0 Å². The summed E-state index contributed by atoms with van der Waals surface area (Å²) in [5, 5.41) is 0. The molecular formula is C24H39N3O3. The van der Waals surface area contributed by atoms with Crippen LogP contribution in [-0.4, -0.2) is 79.4 Å². The number of methoxy groups -OCH3 is 1. The minimum absolute atomic E-state index is 0.190. The second kappa shape index (κ2) is 13.3. The number of carbonyl (C=O) groups is 2. The number of piperazine rings is 1. The zero-order chi connectivity index (χ0) is 21.8. The van der Waals surface area contributed by atoms with E-state index in [0.29, 0.717) is 19.3 Å². The fourth-order valence-corrected chi connectivity index (χ4v) is 3.91. The van der Waals surface area contributed by atoms with Crippen molar-refractivity contribution in [1.82, 2.24) is 14.7 Å². The van der Waals surface area contributed by atoms with Gasteiger partial charge in [-0.2, -0.15) is 0 Å². The lowest BCUT2D eigenvalue weighted by Crippen LogP contribution is -2.49. The van der Waals surface area contributed by atoms with Gasteiger partial charge in [0.1, 0.15) is 5.75 Å². The number of carbonyl (C=O) groups excluding carboxylic acids is 2. The molecular weight excluding hydrogens is 378 g/mol. The van der Waals surface area contributed by atoms with Gasteiger partial charge in [0.05, 0.1) is 7.11 Å². The summed E-state index contributed by atoms with van der Waals surface area (Å²) in [5.41, 5.74) is 1.30. The van der Waals surface area contributed by atoms with Crippen molar-refractivity contribution in [2.75, 3.05) is 52.9 Å². The molecule has 0 atom stereocenters. The van der Waals surface area contributed by atoms with Gasteiger partial charge in [0.25, 0.3) is 0 Å². The molecule has 0 aromatic heterocycles. The normalized spacial score (nSPS) is 14.6. The Morgan fingerprint density at radius 1 is 0.967 bits per heavy atom. The highest BCUT2D eigenvalue weighted by Crippen LogP contribution is 2.13. The topological polar surface area (TPSA) is 53.1 Å². The van der Waals surface area contributed by atoms with Crippen LogP contribution in [0, 0.1) is 0 Å². The van der Waals surface area contributed by atoms with Gasteiger partial charge in [-0.15, -0.1) is 0 Å². The number of hydrogen-bond acceptors (Lipinski definition) is 4. The molecule has 1 fully saturated rings. The van der Waals surface area contributed by atoms with Crippen molar-refractivity contribution in [3.05, 3.63) is 29.8 Å². The Labute approximate surface area is 182 Å². The average Bonchev–Trinajstić information content (AvgIpc) is 2.78. The van der Waals surface area contributed by atoms with Crippen LogP contribution in [0.5, 0.6) is 5.75 Å². The highest BCUT2D eigenvalue weighted by molar-refractivity contribution is 5.79. The molecule has 0 unspecified atom stereocenters. The minimum Gasteiger partial charge on any atom is -0.497 e.